The van der Waals surface area contributed by atoms with Crippen LogP contribution in [0.5, 0.6) is 0 Å². The number of aromatic nitrogens is 2. The molecule has 1 unspecified atom stereocenters. The van der Waals surface area contributed by atoms with Gasteiger partial charge >= 0.3 is 0 Å². The molecule has 1 heterocycles. The zero-order valence-electron chi connectivity index (χ0n) is 11.5. The van der Waals surface area contributed by atoms with Crippen LogP contribution >= 0.6 is 15.9 Å². The van der Waals surface area contributed by atoms with E-state index in [0.29, 0.717) is 16.9 Å². The molecule has 2 aromatic rings. The Kier molecular flexibility index (Phi) is 4.91. The summed E-state index contributed by atoms with van der Waals surface area (Å²) in [6, 6.07) is 7.08. The van der Waals surface area contributed by atoms with Crippen LogP contribution in [0.3, 0.4) is 0 Å². The minimum absolute atomic E-state index is 0.109. The van der Waals surface area contributed by atoms with Crippen molar-refractivity contribution in [2.24, 2.45) is 5.84 Å². The Morgan fingerprint density at radius 2 is 2.15 bits per heavy atom. The molecule has 1 aromatic carbocycles. The van der Waals surface area contributed by atoms with E-state index < -0.39 is 0 Å². The highest BCUT2D eigenvalue weighted by molar-refractivity contribution is 9.10. The summed E-state index contributed by atoms with van der Waals surface area (Å²) < 4.78 is 15.6. The van der Waals surface area contributed by atoms with E-state index in [1.807, 2.05) is 16.9 Å². The molecule has 0 saturated carbocycles. The first-order valence-corrected chi connectivity index (χ1v) is 7.25. The maximum Gasteiger partial charge on any atom is 0.137 e. The van der Waals surface area contributed by atoms with Crippen LogP contribution in [0.1, 0.15) is 37.2 Å². The second kappa shape index (κ2) is 6.47. The maximum absolute atomic E-state index is 13.3. The van der Waals surface area contributed by atoms with Gasteiger partial charge in [-0.1, -0.05) is 6.07 Å². The minimum Gasteiger partial charge on any atom is -0.271 e. The maximum atomic E-state index is 13.3. The van der Waals surface area contributed by atoms with E-state index in [2.05, 4.69) is 40.3 Å². The number of hydrogen-bond donors (Lipinski definition) is 2. The van der Waals surface area contributed by atoms with Crippen LogP contribution in [0, 0.1) is 5.82 Å². The van der Waals surface area contributed by atoms with Gasteiger partial charge in [0, 0.05) is 18.7 Å². The first-order chi connectivity index (χ1) is 9.51. The first-order valence-electron chi connectivity index (χ1n) is 6.46. The second-order valence-corrected chi connectivity index (χ2v) is 5.83. The molecule has 0 radical (unpaired) electrons. The number of rotatable bonds is 5. The lowest BCUT2D eigenvalue weighted by molar-refractivity contribution is 0.506. The topological polar surface area (TPSA) is 55.9 Å². The Labute approximate surface area is 126 Å². The Morgan fingerprint density at radius 3 is 2.70 bits per heavy atom. The van der Waals surface area contributed by atoms with Crippen molar-refractivity contribution in [3.05, 3.63) is 52.0 Å². The average molecular weight is 341 g/mol. The average Bonchev–Trinajstić information content (AvgIpc) is 2.88. The van der Waals surface area contributed by atoms with E-state index >= 15 is 0 Å². The van der Waals surface area contributed by atoms with Crippen molar-refractivity contribution < 1.29 is 4.39 Å². The van der Waals surface area contributed by atoms with Gasteiger partial charge in [0.25, 0.3) is 0 Å². The third-order valence-electron chi connectivity index (χ3n) is 3.15. The quantitative estimate of drug-likeness (QED) is 0.649. The molecule has 0 saturated heterocycles. The first kappa shape index (κ1) is 15.2. The summed E-state index contributed by atoms with van der Waals surface area (Å²) in [6.45, 7) is 4.15. The van der Waals surface area contributed by atoms with E-state index in [-0.39, 0.29) is 11.9 Å². The molecule has 0 aliphatic heterocycles. The standard InChI is InChI=1S/C14H18BrFN4/c1-9(2)20-6-5-11(19-20)8-14(18-17)10-3-4-13(16)12(15)7-10/h3-7,9,14,18H,8,17H2,1-2H3. The van der Waals surface area contributed by atoms with Crippen LogP contribution in [0.25, 0.3) is 0 Å². The fourth-order valence-corrected chi connectivity index (χ4v) is 2.38. The van der Waals surface area contributed by atoms with E-state index in [4.69, 9.17) is 5.84 Å². The Balaban J connectivity index is 2.17. The van der Waals surface area contributed by atoms with Gasteiger partial charge in [-0.15, -0.1) is 0 Å². The normalized spacial score (nSPS) is 12.9. The third-order valence-corrected chi connectivity index (χ3v) is 3.76. The van der Waals surface area contributed by atoms with Crippen molar-refractivity contribution in [1.82, 2.24) is 15.2 Å². The summed E-state index contributed by atoms with van der Waals surface area (Å²) in [7, 11) is 0. The third kappa shape index (κ3) is 3.45. The summed E-state index contributed by atoms with van der Waals surface area (Å²) in [6.07, 6.45) is 2.60. The van der Waals surface area contributed by atoms with Gasteiger partial charge in [0.15, 0.2) is 0 Å². The van der Waals surface area contributed by atoms with Crippen molar-refractivity contribution >= 4 is 15.9 Å². The molecule has 0 fully saturated rings. The Bertz CT molecular complexity index is 582. The lowest BCUT2D eigenvalue weighted by Gasteiger charge is -2.15. The van der Waals surface area contributed by atoms with Crippen molar-refractivity contribution in [2.45, 2.75) is 32.4 Å². The highest BCUT2D eigenvalue weighted by Gasteiger charge is 2.14. The van der Waals surface area contributed by atoms with Gasteiger partial charge < -0.3 is 0 Å². The summed E-state index contributed by atoms with van der Waals surface area (Å²) in [4.78, 5) is 0. The second-order valence-electron chi connectivity index (χ2n) is 4.98. The largest absolute Gasteiger partial charge is 0.271 e. The smallest absolute Gasteiger partial charge is 0.137 e. The lowest BCUT2D eigenvalue weighted by Crippen LogP contribution is -2.29. The fourth-order valence-electron chi connectivity index (χ4n) is 1.99. The zero-order valence-corrected chi connectivity index (χ0v) is 13.1. The molecule has 0 spiro atoms. The molecular formula is C14H18BrFN4. The van der Waals surface area contributed by atoms with Crippen molar-refractivity contribution in [3.8, 4) is 0 Å². The van der Waals surface area contributed by atoms with Gasteiger partial charge in [-0.25, -0.2) is 4.39 Å². The monoisotopic (exact) mass is 340 g/mol. The van der Waals surface area contributed by atoms with E-state index in [0.717, 1.165) is 11.3 Å². The molecule has 4 nitrogen and oxygen atoms in total. The van der Waals surface area contributed by atoms with E-state index in [1.54, 1.807) is 12.1 Å². The van der Waals surface area contributed by atoms with Crippen LogP contribution in [0.2, 0.25) is 0 Å². The van der Waals surface area contributed by atoms with Crippen molar-refractivity contribution in [2.75, 3.05) is 0 Å². The van der Waals surface area contributed by atoms with Gasteiger partial charge in [0.2, 0.25) is 0 Å². The van der Waals surface area contributed by atoms with Crippen LogP contribution in [0.4, 0.5) is 4.39 Å². The highest BCUT2D eigenvalue weighted by atomic mass is 79.9. The van der Waals surface area contributed by atoms with Gasteiger partial charge in [-0.3, -0.25) is 16.0 Å². The predicted molar refractivity (Wildman–Crippen MR) is 80.5 cm³/mol. The summed E-state index contributed by atoms with van der Waals surface area (Å²) >= 11 is 3.19. The molecule has 6 heteroatoms. The number of hydrogen-bond acceptors (Lipinski definition) is 3. The summed E-state index contributed by atoms with van der Waals surface area (Å²) in [5, 5.41) is 4.50. The van der Waals surface area contributed by atoms with Gasteiger partial charge in [0.1, 0.15) is 5.82 Å². The Morgan fingerprint density at radius 1 is 1.40 bits per heavy atom. The van der Waals surface area contributed by atoms with Crippen molar-refractivity contribution in [3.63, 3.8) is 0 Å². The van der Waals surface area contributed by atoms with Crippen molar-refractivity contribution in [1.29, 1.82) is 0 Å². The SMILES string of the molecule is CC(C)n1ccc(CC(NN)c2ccc(F)c(Br)c2)n1. The molecule has 0 bridgehead atoms. The number of hydrazine groups is 1. The van der Waals surface area contributed by atoms with Crippen LogP contribution in [-0.4, -0.2) is 9.78 Å². The number of nitrogens with one attached hydrogen (secondary N) is 1. The van der Waals surface area contributed by atoms with Gasteiger partial charge in [0.05, 0.1) is 16.2 Å². The van der Waals surface area contributed by atoms with Crippen LogP contribution in [0.15, 0.2) is 34.9 Å². The minimum atomic E-state index is -0.284. The number of halogens is 2. The predicted octanol–water partition coefficient (Wildman–Crippen LogP) is 3.11. The lowest BCUT2D eigenvalue weighted by atomic mass is 10.0. The highest BCUT2D eigenvalue weighted by Crippen LogP contribution is 2.23. The van der Waals surface area contributed by atoms with Crippen LogP contribution < -0.4 is 11.3 Å². The molecule has 108 valence electrons. The molecular weight excluding hydrogens is 323 g/mol. The Hall–Kier alpha value is -1.24. The number of nitrogens with zero attached hydrogens (tertiary/aromatic N) is 2. The molecule has 20 heavy (non-hydrogen) atoms. The number of benzene rings is 1. The van der Waals surface area contributed by atoms with E-state index in [9.17, 15) is 4.39 Å². The molecule has 0 aliphatic rings. The molecule has 3 N–H and O–H groups in total. The molecule has 1 atom stereocenters. The van der Waals surface area contributed by atoms with E-state index in [1.165, 1.54) is 6.07 Å². The van der Waals surface area contributed by atoms with Crippen LogP contribution in [-0.2, 0) is 6.42 Å². The summed E-state index contributed by atoms with van der Waals surface area (Å²) in [5.74, 6) is 5.33. The molecule has 0 amide bonds. The number of nitrogens with two attached hydrogens (primary N) is 1. The summed E-state index contributed by atoms with van der Waals surface area (Å²) in [5.41, 5.74) is 4.62. The molecule has 0 aliphatic carbocycles. The molecule has 1 aromatic heterocycles. The molecule has 2 rings (SSSR count). The van der Waals surface area contributed by atoms with Gasteiger partial charge in [-0.2, -0.15) is 5.10 Å². The zero-order chi connectivity index (χ0) is 14.7. The van der Waals surface area contributed by atoms with Gasteiger partial charge in [-0.05, 0) is 53.5 Å². The fraction of sp³-hybridized carbons (Fsp3) is 0.357.